The molecular weight excluding hydrogens is 188 g/mol. The molecule has 0 aromatic carbocycles. The van der Waals surface area contributed by atoms with E-state index in [4.69, 9.17) is 4.74 Å². The van der Waals surface area contributed by atoms with Crippen molar-refractivity contribution in [1.29, 1.82) is 0 Å². The van der Waals surface area contributed by atoms with Gasteiger partial charge in [-0.15, -0.1) is 0 Å². The first-order chi connectivity index (χ1) is 7.34. The summed E-state index contributed by atoms with van der Waals surface area (Å²) in [4.78, 5) is 2.44. The average Bonchev–Trinajstić information content (AvgIpc) is 2.86. The maximum absolute atomic E-state index is 5.64. The first-order valence-electron chi connectivity index (χ1n) is 6.35. The van der Waals surface area contributed by atoms with Crippen molar-refractivity contribution in [1.82, 2.24) is 10.2 Å². The van der Waals surface area contributed by atoms with Gasteiger partial charge in [-0.2, -0.15) is 0 Å². The van der Waals surface area contributed by atoms with Gasteiger partial charge in [-0.1, -0.05) is 0 Å². The Balaban J connectivity index is 1.57. The van der Waals surface area contributed by atoms with Gasteiger partial charge in [0.2, 0.25) is 0 Å². The number of ether oxygens (including phenoxy) is 1. The van der Waals surface area contributed by atoms with Crippen molar-refractivity contribution in [3.05, 3.63) is 0 Å². The Morgan fingerprint density at radius 2 is 2.33 bits per heavy atom. The zero-order valence-corrected chi connectivity index (χ0v) is 9.87. The standard InChI is InChI=1S/C12H24N2O/c1-14(10-12-3-2-8-15-12)7-5-11-4-6-13-9-11/h11-13H,2-10H2,1H3. The van der Waals surface area contributed by atoms with E-state index < -0.39 is 0 Å². The highest BCUT2D eigenvalue weighted by atomic mass is 16.5. The Bertz CT molecular complexity index is 174. The number of nitrogens with zero attached hydrogens (tertiary/aromatic N) is 1. The van der Waals surface area contributed by atoms with Crippen LogP contribution in [0.2, 0.25) is 0 Å². The number of nitrogens with one attached hydrogen (secondary N) is 1. The molecule has 15 heavy (non-hydrogen) atoms. The van der Waals surface area contributed by atoms with Gasteiger partial charge in [0.05, 0.1) is 6.10 Å². The van der Waals surface area contributed by atoms with Crippen LogP contribution in [0.15, 0.2) is 0 Å². The van der Waals surface area contributed by atoms with Crippen molar-refractivity contribution in [3.8, 4) is 0 Å². The van der Waals surface area contributed by atoms with Gasteiger partial charge < -0.3 is 15.0 Å². The van der Waals surface area contributed by atoms with E-state index in [1.54, 1.807) is 0 Å². The number of likely N-dealkylation sites (N-methyl/N-ethyl adjacent to an activating group) is 1. The highest BCUT2D eigenvalue weighted by molar-refractivity contribution is 4.73. The minimum Gasteiger partial charge on any atom is -0.377 e. The van der Waals surface area contributed by atoms with E-state index >= 15 is 0 Å². The number of hydrogen-bond acceptors (Lipinski definition) is 3. The lowest BCUT2D eigenvalue weighted by molar-refractivity contribution is 0.0798. The summed E-state index contributed by atoms with van der Waals surface area (Å²) in [6.45, 7) is 5.78. The predicted octanol–water partition coefficient (Wildman–Crippen LogP) is 1.10. The Labute approximate surface area is 93.2 Å². The maximum Gasteiger partial charge on any atom is 0.0702 e. The van der Waals surface area contributed by atoms with E-state index in [1.807, 2.05) is 0 Å². The van der Waals surface area contributed by atoms with Crippen LogP contribution in [0.25, 0.3) is 0 Å². The Morgan fingerprint density at radius 1 is 1.40 bits per heavy atom. The van der Waals surface area contributed by atoms with Crippen molar-refractivity contribution >= 4 is 0 Å². The zero-order valence-electron chi connectivity index (χ0n) is 9.87. The molecule has 2 fully saturated rings. The Morgan fingerprint density at radius 3 is 3.00 bits per heavy atom. The molecule has 3 nitrogen and oxygen atoms in total. The van der Waals surface area contributed by atoms with Crippen molar-refractivity contribution in [2.24, 2.45) is 5.92 Å². The lowest BCUT2D eigenvalue weighted by Gasteiger charge is -2.21. The van der Waals surface area contributed by atoms with Crippen LogP contribution in [0.3, 0.4) is 0 Å². The molecule has 0 amide bonds. The summed E-state index contributed by atoms with van der Waals surface area (Å²) in [6.07, 6.45) is 5.74. The zero-order chi connectivity index (χ0) is 10.5. The van der Waals surface area contributed by atoms with Crippen LogP contribution >= 0.6 is 0 Å². The minimum atomic E-state index is 0.511. The van der Waals surface area contributed by atoms with Crippen molar-refractivity contribution in [2.75, 3.05) is 39.8 Å². The highest BCUT2D eigenvalue weighted by Gasteiger charge is 2.19. The lowest BCUT2D eigenvalue weighted by Crippen LogP contribution is -2.30. The quantitative estimate of drug-likeness (QED) is 0.738. The second kappa shape index (κ2) is 5.83. The molecule has 0 bridgehead atoms. The monoisotopic (exact) mass is 212 g/mol. The normalized spacial score (nSPS) is 31.6. The molecule has 2 unspecified atom stereocenters. The van der Waals surface area contributed by atoms with Crippen LogP contribution in [-0.4, -0.2) is 50.8 Å². The van der Waals surface area contributed by atoms with Crippen LogP contribution < -0.4 is 5.32 Å². The molecule has 0 aliphatic carbocycles. The fourth-order valence-electron chi connectivity index (χ4n) is 2.59. The second-order valence-electron chi connectivity index (χ2n) is 5.04. The van der Waals surface area contributed by atoms with E-state index in [2.05, 4.69) is 17.3 Å². The van der Waals surface area contributed by atoms with Gasteiger partial charge in [-0.3, -0.25) is 0 Å². The Hall–Kier alpha value is -0.120. The van der Waals surface area contributed by atoms with E-state index in [0.717, 1.165) is 19.1 Å². The number of hydrogen-bond donors (Lipinski definition) is 1. The van der Waals surface area contributed by atoms with Gasteiger partial charge >= 0.3 is 0 Å². The average molecular weight is 212 g/mol. The van der Waals surface area contributed by atoms with Crippen molar-refractivity contribution in [2.45, 2.75) is 31.8 Å². The second-order valence-corrected chi connectivity index (χ2v) is 5.04. The number of rotatable bonds is 5. The largest absolute Gasteiger partial charge is 0.377 e. The molecule has 0 aromatic heterocycles. The van der Waals surface area contributed by atoms with Crippen molar-refractivity contribution < 1.29 is 4.74 Å². The van der Waals surface area contributed by atoms with E-state index in [9.17, 15) is 0 Å². The predicted molar refractivity (Wildman–Crippen MR) is 62.1 cm³/mol. The molecule has 0 aromatic rings. The summed E-state index contributed by atoms with van der Waals surface area (Å²) in [6, 6.07) is 0. The van der Waals surface area contributed by atoms with E-state index in [1.165, 1.54) is 45.3 Å². The van der Waals surface area contributed by atoms with Gasteiger partial charge in [-0.05, 0) is 58.3 Å². The molecule has 88 valence electrons. The third-order valence-electron chi connectivity index (χ3n) is 3.62. The smallest absolute Gasteiger partial charge is 0.0702 e. The third kappa shape index (κ3) is 3.74. The van der Waals surface area contributed by atoms with Gasteiger partial charge in [0, 0.05) is 13.2 Å². The fourth-order valence-corrected chi connectivity index (χ4v) is 2.59. The molecular formula is C12H24N2O. The molecule has 2 atom stereocenters. The molecule has 2 aliphatic rings. The molecule has 2 aliphatic heterocycles. The first-order valence-corrected chi connectivity index (χ1v) is 6.35. The molecule has 2 saturated heterocycles. The topological polar surface area (TPSA) is 24.5 Å². The van der Waals surface area contributed by atoms with Gasteiger partial charge in [-0.25, -0.2) is 0 Å². The molecule has 1 N–H and O–H groups in total. The first kappa shape index (κ1) is 11.4. The van der Waals surface area contributed by atoms with Crippen LogP contribution in [0.1, 0.15) is 25.7 Å². The van der Waals surface area contributed by atoms with Crippen LogP contribution in [0.5, 0.6) is 0 Å². The molecule has 0 saturated carbocycles. The van der Waals surface area contributed by atoms with Gasteiger partial charge in [0.25, 0.3) is 0 Å². The van der Waals surface area contributed by atoms with Crippen LogP contribution in [-0.2, 0) is 4.74 Å². The van der Waals surface area contributed by atoms with Crippen LogP contribution in [0.4, 0.5) is 0 Å². The molecule has 0 radical (unpaired) electrons. The summed E-state index contributed by atoms with van der Waals surface area (Å²) >= 11 is 0. The van der Waals surface area contributed by atoms with E-state index in [-0.39, 0.29) is 0 Å². The molecule has 3 heteroatoms. The summed E-state index contributed by atoms with van der Waals surface area (Å²) < 4.78 is 5.64. The van der Waals surface area contributed by atoms with Gasteiger partial charge in [0.1, 0.15) is 0 Å². The van der Waals surface area contributed by atoms with Gasteiger partial charge in [0.15, 0.2) is 0 Å². The highest BCUT2D eigenvalue weighted by Crippen LogP contribution is 2.15. The minimum absolute atomic E-state index is 0.511. The summed E-state index contributed by atoms with van der Waals surface area (Å²) in [7, 11) is 2.23. The van der Waals surface area contributed by atoms with Crippen molar-refractivity contribution in [3.63, 3.8) is 0 Å². The summed E-state index contributed by atoms with van der Waals surface area (Å²) in [5.41, 5.74) is 0. The molecule has 2 heterocycles. The maximum atomic E-state index is 5.64. The van der Waals surface area contributed by atoms with E-state index in [0.29, 0.717) is 6.10 Å². The fraction of sp³-hybridized carbons (Fsp3) is 1.00. The SMILES string of the molecule is CN(CCC1CCNC1)CC1CCCO1. The van der Waals surface area contributed by atoms with Crippen LogP contribution in [0, 0.1) is 5.92 Å². The summed E-state index contributed by atoms with van der Waals surface area (Å²) in [5, 5.41) is 3.43. The lowest BCUT2D eigenvalue weighted by atomic mass is 10.0. The summed E-state index contributed by atoms with van der Waals surface area (Å²) in [5.74, 6) is 0.914. The molecule has 0 spiro atoms. The Kier molecular flexibility index (Phi) is 4.42. The third-order valence-corrected chi connectivity index (χ3v) is 3.62. The molecule has 2 rings (SSSR count).